The molecule has 0 spiro atoms. The predicted molar refractivity (Wildman–Crippen MR) is 188 cm³/mol. The molecule has 0 fully saturated rings. The summed E-state index contributed by atoms with van der Waals surface area (Å²) in [6.45, 7) is 12.8. The van der Waals surface area contributed by atoms with Gasteiger partial charge in [0.25, 0.3) is 0 Å². The second kappa shape index (κ2) is 14.8. The zero-order chi connectivity index (χ0) is 34.3. The first-order valence-corrected chi connectivity index (χ1v) is 16.3. The van der Waals surface area contributed by atoms with Crippen molar-refractivity contribution in [1.29, 1.82) is 0 Å². The molecular formula is C38H46N4O6. The number of ether oxygens (including phenoxy) is 4. The van der Waals surface area contributed by atoms with E-state index in [-0.39, 0.29) is 0 Å². The fraction of sp³-hybridized carbons (Fsp3) is 0.368. The van der Waals surface area contributed by atoms with Gasteiger partial charge in [-0.05, 0) is 113 Å². The van der Waals surface area contributed by atoms with Crippen molar-refractivity contribution < 1.29 is 28.5 Å². The number of nitrogens with one attached hydrogen (secondary N) is 4. The summed E-state index contributed by atoms with van der Waals surface area (Å²) >= 11 is 0. The van der Waals surface area contributed by atoms with Crippen LogP contribution in [0.4, 0.5) is 9.59 Å². The Bertz CT molecular complexity index is 1730. The molecule has 2 aromatic heterocycles. The van der Waals surface area contributed by atoms with E-state index in [1.807, 2.05) is 115 Å². The van der Waals surface area contributed by atoms with Gasteiger partial charge in [0.2, 0.25) is 0 Å². The van der Waals surface area contributed by atoms with Crippen molar-refractivity contribution in [3.05, 3.63) is 95.3 Å². The zero-order valence-corrected chi connectivity index (χ0v) is 28.6. The highest BCUT2D eigenvalue weighted by molar-refractivity contribution is 5.85. The van der Waals surface area contributed by atoms with Gasteiger partial charge in [-0.3, -0.25) is 0 Å². The van der Waals surface area contributed by atoms with E-state index in [0.717, 1.165) is 55.6 Å². The van der Waals surface area contributed by atoms with Gasteiger partial charge in [0.15, 0.2) is 0 Å². The van der Waals surface area contributed by atoms with Crippen LogP contribution in [0.25, 0.3) is 21.8 Å². The topological polar surface area (TPSA) is 127 Å². The van der Waals surface area contributed by atoms with E-state index >= 15 is 0 Å². The summed E-state index contributed by atoms with van der Waals surface area (Å²) in [4.78, 5) is 30.7. The van der Waals surface area contributed by atoms with Crippen molar-refractivity contribution in [2.45, 2.75) is 78.8 Å². The highest BCUT2D eigenvalue weighted by Crippen LogP contribution is 2.27. The Morgan fingerprint density at radius 3 is 1.42 bits per heavy atom. The Kier molecular flexibility index (Phi) is 10.5. The third kappa shape index (κ3) is 9.70. The normalized spacial score (nSPS) is 11.8. The molecule has 0 aliphatic carbocycles. The number of fused-ring (bicyclic) bond motifs is 2. The van der Waals surface area contributed by atoms with Gasteiger partial charge in [-0.25, -0.2) is 9.59 Å². The Morgan fingerprint density at radius 1 is 0.604 bits per heavy atom. The van der Waals surface area contributed by atoms with E-state index in [1.54, 1.807) is 0 Å². The van der Waals surface area contributed by atoms with E-state index in [0.29, 0.717) is 39.1 Å². The number of alkyl carbamates (subject to hydrolysis) is 2. The summed E-state index contributed by atoms with van der Waals surface area (Å²) in [5.41, 5.74) is 5.18. The van der Waals surface area contributed by atoms with Crippen LogP contribution in [0.15, 0.2) is 73.1 Å². The van der Waals surface area contributed by atoms with Crippen LogP contribution in [-0.2, 0) is 35.5 Å². The lowest BCUT2D eigenvalue weighted by molar-refractivity contribution is 0.0517. The number of hydrogen-bond donors (Lipinski definition) is 4. The molecular weight excluding hydrogens is 608 g/mol. The first-order valence-electron chi connectivity index (χ1n) is 16.3. The van der Waals surface area contributed by atoms with E-state index in [2.05, 4.69) is 20.6 Å². The number of benzene rings is 3. The average molecular weight is 655 g/mol. The standard InChI is InChI=1S/C38H46N4O6/c1-37(2,3)47-35(43)39-17-15-25-21-41-33-13-11-29(19-31(25)33)45-23-27-9-7-8-10-28(27)24-46-30-12-14-34-32(20-30)26(22-42-34)16-18-40-36(44)48-38(4,5)6/h7-14,19-22,41-42H,15-18,23-24H2,1-6H3,(H,39,43)(H,40,44). The Morgan fingerprint density at radius 2 is 1.02 bits per heavy atom. The molecule has 0 saturated heterocycles. The quantitative estimate of drug-likeness (QED) is 0.108. The van der Waals surface area contributed by atoms with Crippen molar-refractivity contribution in [3.63, 3.8) is 0 Å². The van der Waals surface area contributed by atoms with Gasteiger partial charge in [0.1, 0.15) is 35.9 Å². The summed E-state index contributed by atoms with van der Waals surface area (Å²) < 4.78 is 23.2. The van der Waals surface area contributed by atoms with E-state index in [9.17, 15) is 9.59 Å². The maximum Gasteiger partial charge on any atom is 0.407 e. The molecule has 0 radical (unpaired) electrons. The summed E-state index contributed by atoms with van der Waals surface area (Å²) in [6.07, 6.45) is 4.39. The van der Waals surface area contributed by atoms with Crippen molar-refractivity contribution in [3.8, 4) is 11.5 Å². The number of amides is 2. The maximum absolute atomic E-state index is 12.0. The number of carbonyl (C=O) groups excluding carboxylic acids is 2. The Balaban J connectivity index is 1.17. The number of carbonyl (C=O) groups is 2. The first-order chi connectivity index (χ1) is 22.8. The zero-order valence-electron chi connectivity index (χ0n) is 28.6. The van der Waals surface area contributed by atoms with Crippen molar-refractivity contribution >= 4 is 34.0 Å². The molecule has 2 heterocycles. The van der Waals surface area contributed by atoms with Crippen molar-refractivity contribution in [2.75, 3.05) is 13.1 Å². The van der Waals surface area contributed by atoms with Crippen LogP contribution in [0.3, 0.4) is 0 Å². The Hall–Kier alpha value is -5.12. The van der Waals surface area contributed by atoms with Crippen molar-refractivity contribution in [1.82, 2.24) is 20.6 Å². The van der Waals surface area contributed by atoms with Crippen LogP contribution in [0.2, 0.25) is 0 Å². The summed E-state index contributed by atoms with van der Waals surface area (Å²) in [5.74, 6) is 1.51. The van der Waals surface area contributed by atoms with Crippen LogP contribution < -0.4 is 20.1 Å². The lowest BCUT2D eigenvalue weighted by atomic mass is 10.1. The minimum atomic E-state index is -0.534. The molecule has 10 nitrogen and oxygen atoms in total. The number of H-pyrrole nitrogens is 2. The summed E-state index contributed by atoms with van der Waals surface area (Å²) in [5, 5.41) is 7.75. The van der Waals surface area contributed by atoms with Crippen LogP contribution in [-0.4, -0.2) is 46.4 Å². The fourth-order valence-electron chi connectivity index (χ4n) is 5.30. The van der Waals surface area contributed by atoms with E-state index < -0.39 is 23.4 Å². The molecule has 0 unspecified atom stereocenters. The first kappa shape index (κ1) is 34.2. The Labute approximate surface area is 281 Å². The van der Waals surface area contributed by atoms with E-state index in [1.165, 1.54) is 0 Å². The number of hydrogen-bond acceptors (Lipinski definition) is 6. The van der Waals surface area contributed by atoms with Crippen LogP contribution in [0, 0.1) is 0 Å². The average Bonchev–Trinajstić information content (AvgIpc) is 3.61. The lowest BCUT2D eigenvalue weighted by Crippen LogP contribution is -2.33. The monoisotopic (exact) mass is 654 g/mol. The van der Waals surface area contributed by atoms with Gasteiger partial charge in [-0.15, -0.1) is 0 Å². The van der Waals surface area contributed by atoms with Gasteiger partial charge in [-0.2, -0.15) is 0 Å². The molecule has 48 heavy (non-hydrogen) atoms. The molecule has 3 aromatic carbocycles. The maximum atomic E-state index is 12.0. The fourth-order valence-corrected chi connectivity index (χ4v) is 5.30. The summed E-state index contributed by atoms with van der Waals surface area (Å²) in [6, 6.07) is 20.1. The molecule has 0 bridgehead atoms. The number of aromatic nitrogens is 2. The lowest BCUT2D eigenvalue weighted by Gasteiger charge is -2.19. The van der Waals surface area contributed by atoms with Gasteiger partial charge < -0.3 is 39.5 Å². The van der Waals surface area contributed by atoms with Gasteiger partial charge in [-0.1, -0.05) is 24.3 Å². The molecule has 5 rings (SSSR count). The van der Waals surface area contributed by atoms with E-state index in [4.69, 9.17) is 18.9 Å². The molecule has 2 amide bonds. The molecule has 0 atom stereocenters. The predicted octanol–water partition coefficient (Wildman–Crippen LogP) is 7.94. The van der Waals surface area contributed by atoms with Gasteiger partial charge >= 0.3 is 12.2 Å². The third-order valence-electron chi connectivity index (χ3n) is 7.51. The third-order valence-corrected chi connectivity index (χ3v) is 7.51. The summed E-state index contributed by atoms with van der Waals surface area (Å²) in [7, 11) is 0. The molecule has 0 aliphatic heterocycles. The molecule has 5 aromatic rings. The minimum absolute atomic E-state index is 0.386. The van der Waals surface area contributed by atoms with Gasteiger partial charge in [0.05, 0.1) is 0 Å². The van der Waals surface area contributed by atoms with Crippen molar-refractivity contribution in [2.24, 2.45) is 0 Å². The van der Waals surface area contributed by atoms with Crippen LogP contribution in [0.5, 0.6) is 11.5 Å². The smallest absolute Gasteiger partial charge is 0.407 e. The van der Waals surface area contributed by atoms with Crippen LogP contribution >= 0.6 is 0 Å². The minimum Gasteiger partial charge on any atom is -0.489 e. The largest absolute Gasteiger partial charge is 0.489 e. The number of aromatic amines is 2. The SMILES string of the molecule is CC(C)(C)OC(=O)NCCc1c[nH]c2ccc(OCc3ccccc3COc3ccc4[nH]cc(CCNC(=O)OC(C)(C)C)c4c3)cc12. The molecule has 254 valence electrons. The van der Waals surface area contributed by atoms with Gasteiger partial charge in [0, 0.05) is 47.3 Å². The highest BCUT2D eigenvalue weighted by atomic mass is 16.6. The molecule has 4 N–H and O–H groups in total. The number of rotatable bonds is 12. The molecule has 0 aliphatic rings. The van der Waals surface area contributed by atoms with Crippen LogP contribution in [0.1, 0.15) is 63.8 Å². The molecule has 10 heteroatoms. The second-order valence-corrected chi connectivity index (χ2v) is 13.7. The highest BCUT2D eigenvalue weighted by Gasteiger charge is 2.17. The molecule has 0 saturated carbocycles. The second-order valence-electron chi connectivity index (χ2n) is 13.7.